The molecule has 1 aromatic heterocycles. The van der Waals surface area contributed by atoms with E-state index in [1.807, 2.05) is 0 Å². The molecule has 0 atom stereocenters. The summed E-state index contributed by atoms with van der Waals surface area (Å²) < 4.78 is 5.34. The Morgan fingerprint density at radius 2 is 2.19 bits per heavy atom. The van der Waals surface area contributed by atoms with Crippen molar-refractivity contribution in [1.82, 2.24) is 0 Å². The lowest BCUT2D eigenvalue weighted by Gasteiger charge is -2.00. The van der Waals surface area contributed by atoms with Gasteiger partial charge in [-0.1, -0.05) is 11.6 Å². The summed E-state index contributed by atoms with van der Waals surface area (Å²) in [5.74, 6) is 0.185. The first kappa shape index (κ1) is 13.5. The molecule has 88 valence electrons. The first-order valence-corrected chi connectivity index (χ1v) is 7.00. The quantitative estimate of drug-likeness (QED) is 0.593. The minimum atomic E-state index is -0.287. The highest BCUT2D eigenvalue weighted by molar-refractivity contribution is 8.00. The topological polar surface area (TPSA) is 43.4 Å². The Morgan fingerprint density at radius 3 is 2.75 bits per heavy atom. The van der Waals surface area contributed by atoms with Crippen LogP contribution in [0.1, 0.15) is 16.6 Å². The Morgan fingerprint density at radius 1 is 1.44 bits per heavy atom. The Labute approximate surface area is 107 Å². The average Bonchev–Trinajstić information content (AvgIpc) is 2.65. The molecule has 0 N–H and O–H groups in total. The largest absolute Gasteiger partial charge is 0.465 e. The predicted molar refractivity (Wildman–Crippen MR) is 67.6 cm³/mol. The number of halogens is 1. The molecule has 1 rings (SSSR count). The van der Waals surface area contributed by atoms with E-state index in [2.05, 4.69) is 0 Å². The minimum absolute atomic E-state index is 0.00815. The summed E-state index contributed by atoms with van der Waals surface area (Å²) >= 11 is 8.22. The number of rotatable bonds is 6. The van der Waals surface area contributed by atoms with Crippen molar-refractivity contribution < 1.29 is 14.3 Å². The van der Waals surface area contributed by atoms with Gasteiger partial charge < -0.3 is 4.74 Å². The number of carbonyl (C=O) groups is 2. The SMILES string of the molecule is CCOC(=O)CSCC(=O)c1ccc(Cl)s1. The van der Waals surface area contributed by atoms with E-state index in [9.17, 15) is 9.59 Å². The highest BCUT2D eigenvalue weighted by Gasteiger charge is 2.10. The molecule has 6 heteroatoms. The van der Waals surface area contributed by atoms with Crippen molar-refractivity contribution in [2.75, 3.05) is 18.1 Å². The first-order valence-electron chi connectivity index (χ1n) is 4.65. The molecule has 0 bridgehead atoms. The van der Waals surface area contributed by atoms with Crippen LogP contribution in [0.15, 0.2) is 12.1 Å². The molecule has 0 aliphatic carbocycles. The molecule has 1 aromatic rings. The Kier molecular flexibility index (Phi) is 5.87. The summed E-state index contributed by atoms with van der Waals surface area (Å²) in [6, 6.07) is 3.38. The Bertz CT molecular complexity index is 376. The van der Waals surface area contributed by atoms with Gasteiger partial charge in [-0.3, -0.25) is 9.59 Å². The summed E-state index contributed by atoms with van der Waals surface area (Å²) in [6.07, 6.45) is 0. The number of hydrogen-bond acceptors (Lipinski definition) is 5. The van der Waals surface area contributed by atoms with Crippen molar-refractivity contribution in [2.45, 2.75) is 6.92 Å². The lowest BCUT2D eigenvalue weighted by Crippen LogP contribution is -2.09. The molecule has 3 nitrogen and oxygen atoms in total. The van der Waals surface area contributed by atoms with E-state index >= 15 is 0 Å². The van der Waals surface area contributed by atoms with Gasteiger partial charge in [0, 0.05) is 0 Å². The zero-order valence-corrected chi connectivity index (χ0v) is 11.1. The summed E-state index contributed by atoms with van der Waals surface area (Å²) in [7, 11) is 0. The summed E-state index contributed by atoms with van der Waals surface area (Å²) in [4.78, 5) is 23.2. The zero-order chi connectivity index (χ0) is 12.0. The van der Waals surface area contributed by atoms with Crippen molar-refractivity contribution in [3.05, 3.63) is 21.3 Å². The summed E-state index contributed by atoms with van der Waals surface area (Å²) in [5, 5.41) is 0. The molecule has 0 radical (unpaired) electrons. The highest BCUT2D eigenvalue weighted by atomic mass is 35.5. The van der Waals surface area contributed by atoms with Gasteiger partial charge in [-0.15, -0.1) is 23.1 Å². The number of thiophene rings is 1. The monoisotopic (exact) mass is 278 g/mol. The molecule has 0 amide bonds. The van der Waals surface area contributed by atoms with Crippen LogP contribution >= 0.6 is 34.7 Å². The Hall–Kier alpha value is -0.520. The molecular weight excluding hydrogens is 268 g/mol. The molecule has 0 aliphatic heterocycles. The van der Waals surface area contributed by atoms with Crippen molar-refractivity contribution in [2.24, 2.45) is 0 Å². The fourth-order valence-electron chi connectivity index (χ4n) is 0.965. The van der Waals surface area contributed by atoms with Gasteiger partial charge in [0.05, 0.1) is 27.3 Å². The standard InChI is InChI=1S/C10H11ClO3S2/c1-2-14-10(13)6-15-5-7(12)8-3-4-9(11)16-8/h3-4H,2,5-6H2,1H3. The normalized spacial score (nSPS) is 10.1. The number of Topliss-reactive ketones (excluding diaryl/α,β-unsaturated/α-hetero) is 1. The molecule has 0 spiro atoms. The highest BCUT2D eigenvalue weighted by Crippen LogP contribution is 2.22. The van der Waals surface area contributed by atoms with E-state index in [0.29, 0.717) is 15.8 Å². The first-order chi connectivity index (χ1) is 7.63. The van der Waals surface area contributed by atoms with Crippen LogP contribution < -0.4 is 0 Å². The van der Waals surface area contributed by atoms with E-state index in [0.717, 1.165) is 0 Å². The van der Waals surface area contributed by atoms with Gasteiger partial charge in [-0.25, -0.2) is 0 Å². The van der Waals surface area contributed by atoms with E-state index in [-0.39, 0.29) is 23.3 Å². The van der Waals surface area contributed by atoms with Gasteiger partial charge in [0.25, 0.3) is 0 Å². The maximum atomic E-state index is 11.6. The Balaban J connectivity index is 2.28. The number of hydrogen-bond donors (Lipinski definition) is 0. The van der Waals surface area contributed by atoms with Crippen LogP contribution in [-0.4, -0.2) is 29.9 Å². The number of thioether (sulfide) groups is 1. The maximum Gasteiger partial charge on any atom is 0.315 e. The summed E-state index contributed by atoms with van der Waals surface area (Å²) in [5.41, 5.74) is 0. The molecule has 0 fully saturated rings. The lowest BCUT2D eigenvalue weighted by molar-refractivity contribution is -0.139. The second-order valence-electron chi connectivity index (χ2n) is 2.82. The second-order valence-corrected chi connectivity index (χ2v) is 5.53. The third kappa shape index (κ3) is 4.55. The van der Waals surface area contributed by atoms with Gasteiger partial charge in [0.15, 0.2) is 5.78 Å². The van der Waals surface area contributed by atoms with Crippen LogP contribution in [0.3, 0.4) is 0 Å². The number of ether oxygens (including phenoxy) is 1. The van der Waals surface area contributed by atoms with E-state index < -0.39 is 0 Å². The zero-order valence-electron chi connectivity index (χ0n) is 8.70. The number of esters is 1. The van der Waals surface area contributed by atoms with Gasteiger partial charge >= 0.3 is 5.97 Å². The van der Waals surface area contributed by atoms with E-state index in [4.69, 9.17) is 16.3 Å². The van der Waals surface area contributed by atoms with Crippen LogP contribution in [0.5, 0.6) is 0 Å². The van der Waals surface area contributed by atoms with Crippen molar-refractivity contribution in [3.8, 4) is 0 Å². The lowest BCUT2D eigenvalue weighted by atomic mass is 10.4. The van der Waals surface area contributed by atoms with Gasteiger partial charge in [0.1, 0.15) is 0 Å². The van der Waals surface area contributed by atoms with Crippen LogP contribution in [0, 0.1) is 0 Å². The smallest absolute Gasteiger partial charge is 0.315 e. The molecule has 0 saturated carbocycles. The van der Waals surface area contributed by atoms with Crippen molar-refractivity contribution in [1.29, 1.82) is 0 Å². The van der Waals surface area contributed by atoms with Gasteiger partial charge in [-0.2, -0.15) is 0 Å². The van der Waals surface area contributed by atoms with Crippen molar-refractivity contribution >= 4 is 46.5 Å². The van der Waals surface area contributed by atoms with Crippen LogP contribution in [0.2, 0.25) is 4.34 Å². The number of carbonyl (C=O) groups excluding carboxylic acids is 2. The molecule has 0 unspecified atom stereocenters. The molecule has 0 saturated heterocycles. The fourth-order valence-corrected chi connectivity index (χ4v) is 2.73. The molecule has 0 aromatic carbocycles. The third-order valence-electron chi connectivity index (χ3n) is 1.61. The van der Waals surface area contributed by atoms with E-state index in [1.165, 1.54) is 23.1 Å². The van der Waals surface area contributed by atoms with Gasteiger partial charge in [0.2, 0.25) is 0 Å². The van der Waals surface area contributed by atoms with E-state index in [1.54, 1.807) is 19.1 Å². The van der Waals surface area contributed by atoms with Crippen LogP contribution in [-0.2, 0) is 9.53 Å². The molecule has 0 aliphatic rings. The maximum absolute atomic E-state index is 11.6. The second kappa shape index (κ2) is 6.93. The van der Waals surface area contributed by atoms with Crippen molar-refractivity contribution in [3.63, 3.8) is 0 Å². The van der Waals surface area contributed by atoms with Gasteiger partial charge in [-0.05, 0) is 19.1 Å². The average molecular weight is 279 g/mol. The third-order valence-corrected chi connectivity index (χ3v) is 3.78. The van der Waals surface area contributed by atoms with Crippen LogP contribution in [0.25, 0.3) is 0 Å². The summed E-state index contributed by atoms with van der Waals surface area (Å²) in [6.45, 7) is 2.12. The predicted octanol–water partition coefficient (Wildman–Crippen LogP) is 2.88. The number of ketones is 1. The fraction of sp³-hybridized carbons (Fsp3) is 0.400. The molecule has 16 heavy (non-hydrogen) atoms. The minimum Gasteiger partial charge on any atom is -0.465 e. The molecular formula is C10H11ClO3S2. The van der Waals surface area contributed by atoms with Crippen LogP contribution in [0.4, 0.5) is 0 Å². The molecule has 1 heterocycles.